The summed E-state index contributed by atoms with van der Waals surface area (Å²) in [5.41, 5.74) is 6.96. The average Bonchev–Trinajstić information content (AvgIpc) is 3.19. The number of thioether (sulfide) groups is 1. The SMILES string of the molecule is CCc1nc(SCC(=O)Nc2sc3c(c2C(N)=O)CCC3)n[nH]1. The third kappa shape index (κ3) is 3.40. The molecular formula is C14H17N5O2S2. The van der Waals surface area contributed by atoms with E-state index in [2.05, 4.69) is 20.5 Å². The van der Waals surface area contributed by atoms with Crippen molar-refractivity contribution in [2.24, 2.45) is 5.73 Å². The van der Waals surface area contributed by atoms with Gasteiger partial charge in [0, 0.05) is 11.3 Å². The van der Waals surface area contributed by atoms with Crippen LogP contribution in [0.4, 0.5) is 5.00 Å². The summed E-state index contributed by atoms with van der Waals surface area (Å²) in [7, 11) is 0. The van der Waals surface area contributed by atoms with Crippen molar-refractivity contribution in [3.63, 3.8) is 0 Å². The maximum atomic E-state index is 12.1. The number of H-pyrrole nitrogens is 1. The van der Waals surface area contributed by atoms with Gasteiger partial charge in [-0.1, -0.05) is 18.7 Å². The fourth-order valence-corrected chi connectivity index (χ4v) is 4.47. The average molecular weight is 351 g/mol. The number of aromatic amines is 1. The number of amides is 2. The van der Waals surface area contributed by atoms with E-state index >= 15 is 0 Å². The third-order valence-corrected chi connectivity index (χ3v) is 5.65. The summed E-state index contributed by atoms with van der Waals surface area (Å²) in [6.45, 7) is 1.98. The second-order valence-corrected chi connectivity index (χ2v) is 7.23. The van der Waals surface area contributed by atoms with Crippen molar-refractivity contribution >= 4 is 39.9 Å². The number of rotatable bonds is 6. The zero-order chi connectivity index (χ0) is 16.4. The Morgan fingerprint density at radius 1 is 1.43 bits per heavy atom. The normalized spacial score (nSPS) is 13.1. The quantitative estimate of drug-likeness (QED) is 0.686. The number of nitrogens with one attached hydrogen (secondary N) is 2. The van der Waals surface area contributed by atoms with Crippen molar-refractivity contribution in [3.8, 4) is 0 Å². The Labute approximate surface area is 141 Å². The molecule has 2 heterocycles. The molecule has 1 aliphatic carbocycles. The molecule has 0 bridgehead atoms. The molecule has 1 aliphatic rings. The number of aromatic nitrogens is 3. The van der Waals surface area contributed by atoms with Crippen molar-refractivity contribution in [2.45, 2.75) is 37.8 Å². The maximum Gasteiger partial charge on any atom is 0.251 e. The van der Waals surface area contributed by atoms with Crippen LogP contribution in [0.1, 0.15) is 40.0 Å². The molecule has 0 spiro atoms. The third-order valence-electron chi connectivity index (χ3n) is 3.60. The van der Waals surface area contributed by atoms with Crippen molar-refractivity contribution in [1.82, 2.24) is 15.2 Å². The molecule has 3 rings (SSSR count). The minimum absolute atomic E-state index is 0.182. The first-order valence-electron chi connectivity index (χ1n) is 7.36. The summed E-state index contributed by atoms with van der Waals surface area (Å²) >= 11 is 2.71. The predicted molar refractivity (Wildman–Crippen MR) is 90.0 cm³/mol. The highest BCUT2D eigenvalue weighted by Gasteiger charge is 2.26. The van der Waals surface area contributed by atoms with Crippen LogP contribution in [0, 0.1) is 0 Å². The number of carbonyl (C=O) groups is 2. The molecule has 0 radical (unpaired) electrons. The fourth-order valence-electron chi connectivity index (χ4n) is 2.55. The van der Waals surface area contributed by atoms with E-state index in [9.17, 15) is 9.59 Å². The summed E-state index contributed by atoms with van der Waals surface area (Å²) in [6.07, 6.45) is 3.60. The molecule has 0 saturated carbocycles. The number of hydrogen-bond donors (Lipinski definition) is 3. The molecule has 2 aromatic rings. The van der Waals surface area contributed by atoms with Gasteiger partial charge in [0.15, 0.2) is 0 Å². The van der Waals surface area contributed by atoms with Crippen LogP contribution in [-0.2, 0) is 24.1 Å². The molecule has 23 heavy (non-hydrogen) atoms. The number of primary amides is 1. The molecule has 2 amide bonds. The van der Waals surface area contributed by atoms with Gasteiger partial charge in [0.1, 0.15) is 10.8 Å². The molecule has 2 aromatic heterocycles. The molecule has 122 valence electrons. The van der Waals surface area contributed by atoms with Crippen LogP contribution >= 0.6 is 23.1 Å². The minimum Gasteiger partial charge on any atom is -0.365 e. The van der Waals surface area contributed by atoms with E-state index in [1.165, 1.54) is 23.1 Å². The van der Waals surface area contributed by atoms with E-state index < -0.39 is 5.91 Å². The van der Waals surface area contributed by atoms with Crippen LogP contribution in [0.2, 0.25) is 0 Å². The molecule has 7 nitrogen and oxygen atoms in total. The Hall–Kier alpha value is -1.87. The van der Waals surface area contributed by atoms with Crippen molar-refractivity contribution in [2.75, 3.05) is 11.1 Å². The van der Waals surface area contributed by atoms with Crippen LogP contribution in [0.25, 0.3) is 0 Å². The van der Waals surface area contributed by atoms with Crippen LogP contribution in [0.3, 0.4) is 0 Å². The van der Waals surface area contributed by atoms with E-state index in [0.717, 1.165) is 41.9 Å². The number of fused-ring (bicyclic) bond motifs is 1. The van der Waals surface area contributed by atoms with Gasteiger partial charge in [-0.05, 0) is 24.8 Å². The Kier molecular flexibility index (Phi) is 4.67. The Bertz CT molecular complexity index is 752. The highest BCUT2D eigenvalue weighted by atomic mass is 32.2. The molecule has 0 atom stereocenters. The van der Waals surface area contributed by atoms with Gasteiger partial charge in [-0.25, -0.2) is 4.98 Å². The first kappa shape index (κ1) is 16.0. The minimum atomic E-state index is -0.478. The molecule has 0 aliphatic heterocycles. The van der Waals surface area contributed by atoms with E-state index in [1.54, 1.807) is 0 Å². The monoisotopic (exact) mass is 351 g/mol. The number of aryl methyl sites for hydroxylation is 2. The Morgan fingerprint density at radius 3 is 2.96 bits per heavy atom. The van der Waals surface area contributed by atoms with E-state index in [0.29, 0.717) is 15.7 Å². The summed E-state index contributed by atoms with van der Waals surface area (Å²) < 4.78 is 0. The Balaban J connectivity index is 1.65. The lowest BCUT2D eigenvalue weighted by Gasteiger charge is -2.05. The van der Waals surface area contributed by atoms with Crippen molar-refractivity contribution in [1.29, 1.82) is 0 Å². The van der Waals surface area contributed by atoms with Crippen molar-refractivity contribution in [3.05, 3.63) is 21.8 Å². The molecule has 9 heteroatoms. The molecule has 0 unspecified atom stereocenters. The van der Waals surface area contributed by atoms with Crippen LogP contribution in [-0.4, -0.2) is 32.7 Å². The Morgan fingerprint density at radius 2 is 2.26 bits per heavy atom. The first-order valence-corrected chi connectivity index (χ1v) is 9.17. The van der Waals surface area contributed by atoms with E-state index in [1.807, 2.05) is 6.92 Å². The fraction of sp³-hybridized carbons (Fsp3) is 0.429. The molecule has 0 saturated heterocycles. The first-order chi connectivity index (χ1) is 11.1. The highest BCUT2D eigenvalue weighted by Crippen LogP contribution is 2.38. The molecule has 0 aromatic carbocycles. The maximum absolute atomic E-state index is 12.1. The molecular weight excluding hydrogens is 334 g/mol. The van der Waals surface area contributed by atoms with Crippen LogP contribution in [0.15, 0.2) is 5.16 Å². The number of anilines is 1. The zero-order valence-electron chi connectivity index (χ0n) is 12.6. The number of nitrogens with two attached hydrogens (primary N) is 1. The summed E-state index contributed by atoms with van der Waals surface area (Å²) in [5, 5.41) is 10.7. The second kappa shape index (κ2) is 6.71. The van der Waals surface area contributed by atoms with Gasteiger partial charge in [0.05, 0.1) is 11.3 Å². The summed E-state index contributed by atoms with van der Waals surface area (Å²) in [5.74, 6) is 0.301. The van der Waals surface area contributed by atoms with Gasteiger partial charge >= 0.3 is 0 Å². The topological polar surface area (TPSA) is 114 Å². The number of carbonyl (C=O) groups excluding carboxylic acids is 2. The zero-order valence-corrected chi connectivity index (χ0v) is 14.3. The largest absolute Gasteiger partial charge is 0.365 e. The summed E-state index contributed by atoms with van der Waals surface area (Å²) in [6, 6.07) is 0. The lowest BCUT2D eigenvalue weighted by Crippen LogP contribution is -2.18. The van der Waals surface area contributed by atoms with E-state index in [4.69, 9.17) is 5.73 Å². The predicted octanol–water partition coefficient (Wildman–Crippen LogP) is 1.75. The van der Waals surface area contributed by atoms with E-state index in [-0.39, 0.29) is 11.7 Å². The van der Waals surface area contributed by atoms with Crippen LogP contribution < -0.4 is 11.1 Å². The van der Waals surface area contributed by atoms with Gasteiger partial charge in [0.25, 0.3) is 5.91 Å². The van der Waals surface area contributed by atoms with Gasteiger partial charge in [-0.15, -0.1) is 16.4 Å². The number of hydrogen-bond acceptors (Lipinski definition) is 6. The number of thiophene rings is 1. The molecule has 4 N–H and O–H groups in total. The van der Waals surface area contributed by atoms with Gasteiger partial charge in [-0.3, -0.25) is 14.7 Å². The van der Waals surface area contributed by atoms with Crippen molar-refractivity contribution < 1.29 is 9.59 Å². The molecule has 0 fully saturated rings. The lowest BCUT2D eigenvalue weighted by molar-refractivity contribution is -0.113. The van der Waals surface area contributed by atoms with Gasteiger partial charge in [-0.2, -0.15) is 0 Å². The lowest BCUT2D eigenvalue weighted by atomic mass is 10.1. The van der Waals surface area contributed by atoms with Gasteiger partial charge in [0.2, 0.25) is 11.1 Å². The second-order valence-electron chi connectivity index (χ2n) is 5.18. The van der Waals surface area contributed by atoms with Crippen LogP contribution in [0.5, 0.6) is 0 Å². The number of nitrogens with zero attached hydrogens (tertiary/aromatic N) is 2. The van der Waals surface area contributed by atoms with Gasteiger partial charge < -0.3 is 11.1 Å². The smallest absolute Gasteiger partial charge is 0.251 e. The standard InChI is InChI=1S/C14H17N5O2S2/c1-2-9-16-14(19-18-9)22-6-10(20)17-13-11(12(15)21)7-4-3-5-8(7)23-13/h2-6H2,1H3,(H2,15,21)(H,17,20)(H,16,18,19). The summed E-state index contributed by atoms with van der Waals surface area (Å²) in [4.78, 5) is 29.2. The highest BCUT2D eigenvalue weighted by molar-refractivity contribution is 7.99.